The second kappa shape index (κ2) is 7.11. The molecule has 0 aliphatic heterocycles. The highest BCUT2D eigenvalue weighted by molar-refractivity contribution is 7.78. The van der Waals surface area contributed by atoms with Crippen LogP contribution in [0.4, 0.5) is 0 Å². The summed E-state index contributed by atoms with van der Waals surface area (Å²) in [5.41, 5.74) is 4.09. The maximum absolute atomic E-state index is 14.4. The summed E-state index contributed by atoms with van der Waals surface area (Å²) in [6, 6.07) is 16.1. The lowest BCUT2D eigenvalue weighted by atomic mass is 10.1. The minimum Gasteiger partial charge on any atom is -0.288 e. The number of rotatable bonds is 4. The van der Waals surface area contributed by atoms with Gasteiger partial charge in [0.25, 0.3) is 0 Å². The molecule has 0 atom stereocenters. The van der Waals surface area contributed by atoms with Gasteiger partial charge in [-0.25, -0.2) is 4.76 Å². The monoisotopic (exact) mass is 367 g/mol. The Morgan fingerprint density at radius 1 is 0.800 bits per heavy atom. The van der Waals surface area contributed by atoms with Gasteiger partial charge < -0.3 is 0 Å². The SMILES string of the molecule is Cc1cccc(C)c1P(=O)(/N=C/c1cccs1)c1c(C)cccc1C. The van der Waals surface area contributed by atoms with Crippen LogP contribution in [0, 0.1) is 27.7 Å². The zero-order chi connectivity index (χ0) is 18.0. The van der Waals surface area contributed by atoms with Gasteiger partial charge >= 0.3 is 0 Å². The largest absolute Gasteiger partial charge is 0.288 e. The van der Waals surface area contributed by atoms with Crippen LogP contribution in [0.25, 0.3) is 0 Å². The quantitative estimate of drug-likeness (QED) is 0.453. The highest BCUT2D eigenvalue weighted by atomic mass is 32.1. The van der Waals surface area contributed by atoms with Crippen LogP contribution in [-0.2, 0) is 4.57 Å². The third-order valence-electron chi connectivity index (χ3n) is 4.38. The zero-order valence-electron chi connectivity index (χ0n) is 15.0. The third-order valence-corrected chi connectivity index (χ3v) is 8.25. The molecule has 3 rings (SSSR count). The van der Waals surface area contributed by atoms with Gasteiger partial charge in [-0.3, -0.25) is 4.57 Å². The summed E-state index contributed by atoms with van der Waals surface area (Å²) in [6.07, 6.45) is 1.77. The molecule has 25 heavy (non-hydrogen) atoms. The van der Waals surface area contributed by atoms with Crippen LogP contribution >= 0.6 is 18.6 Å². The van der Waals surface area contributed by atoms with Gasteiger partial charge in [-0.1, -0.05) is 42.5 Å². The molecule has 0 fully saturated rings. The summed E-state index contributed by atoms with van der Waals surface area (Å²) in [4.78, 5) is 1.01. The summed E-state index contributed by atoms with van der Waals surface area (Å²) in [5, 5.41) is 3.73. The Kier molecular flexibility index (Phi) is 5.08. The average Bonchev–Trinajstić information content (AvgIpc) is 3.06. The van der Waals surface area contributed by atoms with E-state index >= 15 is 0 Å². The van der Waals surface area contributed by atoms with E-state index in [1.807, 2.05) is 81.6 Å². The molecule has 0 amide bonds. The number of hydrogen-bond acceptors (Lipinski definition) is 2. The first-order chi connectivity index (χ1) is 11.9. The second-order valence-electron chi connectivity index (χ2n) is 6.32. The number of thiophene rings is 1. The van der Waals surface area contributed by atoms with Crippen molar-refractivity contribution in [1.29, 1.82) is 0 Å². The molecule has 0 bridgehead atoms. The van der Waals surface area contributed by atoms with Crippen LogP contribution in [0.2, 0.25) is 0 Å². The molecule has 0 aliphatic rings. The molecule has 2 nitrogen and oxygen atoms in total. The van der Waals surface area contributed by atoms with Gasteiger partial charge in [0.05, 0.1) is 0 Å². The Hall–Kier alpha value is -1.96. The fourth-order valence-corrected chi connectivity index (χ4v) is 6.91. The highest BCUT2D eigenvalue weighted by Gasteiger charge is 2.32. The van der Waals surface area contributed by atoms with Gasteiger partial charge in [-0.05, 0) is 61.4 Å². The number of hydrogen-bond donors (Lipinski definition) is 0. The Morgan fingerprint density at radius 3 is 1.68 bits per heavy atom. The van der Waals surface area contributed by atoms with E-state index in [0.29, 0.717) is 0 Å². The van der Waals surface area contributed by atoms with Crippen molar-refractivity contribution in [1.82, 2.24) is 0 Å². The van der Waals surface area contributed by atoms with Gasteiger partial charge in [0.1, 0.15) is 0 Å². The molecule has 3 aromatic rings. The standard InChI is InChI=1S/C21H22NOPS/c1-15-8-5-9-16(2)20(15)24(23,22-14-19-12-7-13-25-19)21-17(3)10-6-11-18(21)4/h5-14H,1-4H3/b22-14+. The molecule has 0 saturated carbocycles. The molecule has 4 heteroatoms. The van der Waals surface area contributed by atoms with Crippen LogP contribution in [0.1, 0.15) is 27.1 Å². The van der Waals surface area contributed by atoms with Crippen molar-refractivity contribution < 1.29 is 4.57 Å². The van der Waals surface area contributed by atoms with Gasteiger partial charge in [0.2, 0.25) is 7.29 Å². The lowest BCUT2D eigenvalue weighted by Crippen LogP contribution is -2.23. The molecule has 0 unspecified atom stereocenters. The molecule has 2 aromatic carbocycles. The third kappa shape index (κ3) is 3.40. The molecule has 1 heterocycles. The first-order valence-electron chi connectivity index (χ1n) is 8.26. The number of nitrogens with zero attached hydrogens (tertiary/aromatic N) is 1. The summed E-state index contributed by atoms with van der Waals surface area (Å²) in [6.45, 7) is 8.07. The second-order valence-corrected chi connectivity index (χ2v) is 9.57. The zero-order valence-corrected chi connectivity index (χ0v) is 16.7. The van der Waals surface area contributed by atoms with E-state index in [1.54, 1.807) is 17.6 Å². The van der Waals surface area contributed by atoms with Gasteiger partial charge in [0.15, 0.2) is 0 Å². The van der Waals surface area contributed by atoms with Crippen LogP contribution in [0.5, 0.6) is 0 Å². The Bertz CT molecular complexity index is 878. The molecule has 0 spiro atoms. The minimum atomic E-state index is -3.14. The van der Waals surface area contributed by atoms with E-state index in [4.69, 9.17) is 4.76 Å². The predicted molar refractivity (Wildman–Crippen MR) is 111 cm³/mol. The smallest absolute Gasteiger partial charge is 0.248 e. The van der Waals surface area contributed by atoms with Crippen molar-refractivity contribution >= 4 is 35.5 Å². The minimum absolute atomic E-state index is 0.861. The summed E-state index contributed by atoms with van der Waals surface area (Å²) in [7, 11) is -3.14. The van der Waals surface area contributed by atoms with Crippen molar-refractivity contribution in [2.75, 3.05) is 0 Å². The molecule has 1 aromatic heterocycles. The van der Waals surface area contributed by atoms with E-state index in [-0.39, 0.29) is 0 Å². The van der Waals surface area contributed by atoms with Gasteiger partial charge in [0, 0.05) is 21.7 Å². The lowest BCUT2D eigenvalue weighted by molar-refractivity contribution is 0.588. The van der Waals surface area contributed by atoms with Crippen LogP contribution in [-0.4, -0.2) is 6.21 Å². The fraction of sp³-hybridized carbons (Fsp3) is 0.190. The lowest BCUT2D eigenvalue weighted by Gasteiger charge is -2.22. The van der Waals surface area contributed by atoms with E-state index in [0.717, 1.165) is 37.7 Å². The maximum atomic E-state index is 14.4. The van der Waals surface area contributed by atoms with Crippen LogP contribution in [0.15, 0.2) is 58.7 Å². The maximum Gasteiger partial charge on any atom is 0.248 e. The van der Waals surface area contributed by atoms with E-state index in [9.17, 15) is 4.57 Å². The van der Waals surface area contributed by atoms with Crippen molar-refractivity contribution in [2.45, 2.75) is 27.7 Å². The first kappa shape index (κ1) is 17.8. The van der Waals surface area contributed by atoms with E-state index < -0.39 is 7.29 Å². The molecular formula is C21H22NOPS. The molecule has 0 aliphatic carbocycles. The molecule has 128 valence electrons. The number of benzene rings is 2. The highest BCUT2D eigenvalue weighted by Crippen LogP contribution is 2.48. The van der Waals surface area contributed by atoms with Crippen LogP contribution in [0.3, 0.4) is 0 Å². The first-order valence-corrected chi connectivity index (χ1v) is 10.8. The number of aryl methyl sites for hydroxylation is 4. The van der Waals surface area contributed by atoms with Crippen LogP contribution < -0.4 is 10.6 Å². The average molecular weight is 367 g/mol. The van der Waals surface area contributed by atoms with Gasteiger partial charge in [-0.2, -0.15) is 0 Å². The van der Waals surface area contributed by atoms with Crippen molar-refractivity contribution in [3.8, 4) is 0 Å². The summed E-state index contributed by atoms with van der Waals surface area (Å²) < 4.78 is 19.1. The van der Waals surface area contributed by atoms with Crippen molar-refractivity contribution in [3.05, 3.63) is 81.0 Å². The summed E-state index contributed by atoms with van der Waals surface area (Å²) >= 11 is 1.60. The summed E-state index contributed by atoms with van der Waals surface area (Å²) in [5.74, 6) is 0. The van der Waals surface area contributed by atoms with Gasteiger partial charge in [-0.15, -0.1) is 11.3 Å². The fourth-order valence-electron chi connectivity index (χ4n) is 3.30. The molecule has 0 radical (unpaired) electrons. The Labute approximate surface area is 153 Å². The topological polar surface area (TPSA) is 29.4 Å². The predicted octanol–water partition coefficient (Wildman–Crippen LogP) is 5.33. The van der Waals surface area contributed by atoms with Crippen molar-refractivity contribution in [2.24, 2.45) is 4.76 Å². The Balaban J connectivity index is 2.31. The normalized spacial score (nSPS) is 12.0. The Morgan fingerprint density at radius 2 is 1.28 bits per heavy atom. The van der Waals surface area contributed by atoms with Crippen molar-refractivity contribution in [3.63, 3.8) is 0 Å². The molecule has 0 N–H and O–H groups in total. The molecular weight excluding hydrogens is 345 g/mol. The molecule has 0 saturated heterocycles. The van der Waals surface area contributed by atoms with E-state index in [2.05, 4.69) is 0 Å². The van der Waals surface area contributed by atoms with E-state index in [1.165, 1.54) is 0 Å².